The first kappa shape index (κ1) is 14.6. The van der Waals surface area contributed by atoms with Crippen molar-refractivity contribution in [2.75, 3.05) is 24.5 Å². The molecule has 0 aliphatic carbocycles. The lowest BCUT2D eigenvalue weighted by Gasteiger charge is -2.34. The second-order valence-electron chi connectivity index (χ2n) is 5.75. The Morgan fingerprint density at radius 1 is 1.45 bits per heavy atom. The number of imidazole rings is 1. The summed E-state index contributed by atoms with van der Waals surface area (Å²) >= 11 is 0. The third kappa shape index (κ3) is 3.27. The van der Waals surface area contributed by atoms with E-state index < -0.39 is 0 Å². The number of rotatable bonds is 4. The Morgan fingerprint density at radius 3 is 3.00 bits per heavy atom. The SMILES string of the molecule is Cc1[nH]cnc1C(=O)NC[C@H]1CCCN(c2ccncc2)C1. The summed E-state index contributed by atoms with van der Waals surface area (Å²) < 4.78 is 0. The van der Waals surface area contributed by atoms with Gasteiger partial charge in [-0.25, -0.2) is 4.98 Å². The molecule has 1 amide bonds. The molecule has 0 spiro atoms. The van der Waals surface area contributed by atoms with Crippen molar-refractivity contribution < 1.29 is 4.79 Å². The summed E-state index contributed by atoms with van der Waals surface area (Å²) in [6, 6.07) is 4.07. The minimum atomic E-state index is -0.0974. The molecular formula is C16H21N5O. The van der Waals surface area contributed by atoms with E-state index in [1.54, 1.807) is 6.33 Å². The van der Waals surface area contributed by atoms with E-state index in [4.69, 9.17) is 0 Å². The van der Waals surface area contributed by atoms with Crippen LogP contribution in [0.1, 0.15) is 29.0 Å². The molecule has 3 heterocycles. The molecule has 2 aromatic heterocycles. The molecule has 1 atom stereocenters. The summed E-state index contributed by atoms with van der Waals surface area (Å²) in [6.07, 6.45) is 7.48. The molecule has 116 valence electrons. The predicted octanol–water partition coefficient (Wildman–Crippen LogP) is 1.76. The van der Waals surface area contributed by atoms with Crippen molar-refractivity contribution in [3.63, 3.8) is 0 Å². The van der Waals surface area contributed by atoms with Gasteiger partial charge in [-0.15, -0.1) is 0 Å². The summed E-state index contributed by atoms with van der Waals surface area (Å²) in [4.78, 5) is 25.5. The molecule has 0 saturated carbocycles. The first-order valence-electron chi connectivity index (χ1n) is 7.67. The number of amides is 1. The van der Waals surface area contributed by atoms with Crippen LogP contribution in [0, 0.1) is 12.8 Å². The average molecular weight is 299 g/mol. The van der Waals surface area contributed by atoms with Gasteiger partial charge >= 0.3 is 0 Å². The molecule has 0 unspecified atom stereocenters. The summed E-state index contributed by atoms with van der Waals surface area (Å²) in [7, 11) is 0. The van der Waals surface area contributed by atoms with E-state index in [9.17, 15) is 4.79 Å². The maximum atomic E-state index is 12.1. The summed E-state index contributed by atoms with van der Waals surface area (Å²) in [5, 5.41) is 3.01. The number of carbonyl (C=O) groups is 1. The zero-order chi connectivity index (χ0) is 15.4. The van der Waals surface area contributed by atoms with Gasteiger partial charge in [0.2, 0.25) is 0 Å². The topological polar surface area (TPSA) is 73.9 Å². The maximum absolute atomic E-state index is 12.1. The molecule has 0 radical (unpaired) electrons. The van der Waals surface area contributed by atoms with E-state index in [-0.39, 0.29) is 5.91 Å². The third-order valence-corrected chi connectivity index (χ3v) is 4.14. The molecular weight excluding hydrogens is 278 g/mol. The summed E-state index contributed by atoms with van der Waals surface area (Å²) in [5.41, 5.74) is 2.50. The molecule has 2 aromatic rings. The van der Waals surface area contributed by atoms with E-state index in [1.165, 1.54) is 5.69 Å². The van der Waals surface area contributed by atoms with Crippen molar-refractivity contribution in [3.05, 3.63) is 42.2 Å². The van der Waals surface area contributed by atoms with Crippen LogP contribution in [-0.4, -0.2) is 40.5 Å². The van der Waals surface area contributed by atoms with Crippen molar-refractivity contribution in [1.82, 2.24) is 20.3 Å². The Balaban J connectivity index is 1.55. The van der Waals surface area contributed by atoms with E-state index in [0.29, 0.717) is 18.2 Å². The Bertz CT molecular complexity index is 624. The van der Waals surface area contributed by atoms with E-state index in [0.717, 1.165) is 31.6 Å². The van der Waals surface area contributed by atoms with Crippen LogP contribution < -0.4 is 10.2 Å². The van der Waals surface area contributed by atoms with Crippen LogP contribution in [0.2, 0.25) is 0 Å². The fourth-order valence-corrected chi connectivity index (χ4v) is 2.93. The predicted molar refractivity (Wildman–Crippen MR) is 84.8 cm³/mol. The van der Waals surface area contributed by atoms with Gasteiger partial charge in [0.1, 0.15) is 5.69 Å². The first-order chi connectivity index (χ1) is 10.7. The third-order valence-electron chi connectivity index (χ3n) is 4.14. The molecule has 1 fully saturated rings. The summed E-state index contributed by atoms with van der Waals surface area (Å²) in [6.45, 7) is 4.57. The van der Waals surface area contributed by atoms with Crippen LogP contribution in [-0.2, 0) is 0 Å². The number of pyridine rings is 1. The van der Waals surface area contributed by atoms with Gasteiger partial charge in [-0.2, -0.15) is 0 Å². The van der Waals surface area contributed by atoms with Gasteiger partial charge in [-0.05, 0) is 37.8 Å². The number of nitrogens with one attached hydrogen (secondary N) is 2. The maximum Gasteiger partial charge on any atom is 0.271 e. The largest absolute Gasteiger partial charge is 0.371 e. The first-order valence-corrected chi connectivity index (χ1v) is 7.67. The molecule has 1 aliphatic heterocycles. The van der Waals surface area contributed by atoms with Gasteiger partial charge in [-0.1, -0.05) is 0 Å². The molecule has 0 aromatic carbocycles. The lowest BCUT2D eigenvalue weighted by Crippen LogP contribution is -2.41. The molecule has 6 heteroatoms. The quantitative estimate of drug-likeness (QED) is 0.902. The number of hydrogen-bond acceptors (Lipinski definition) is 4. The highest BCUT2D eigenvalue weighted by molar-refractivity contribution is 5.93. The fourth-order valence-electron chi connectivity index (χ4n) is 2.93. The smallest absolute Gasteiger partial charge is 0.271 e. The molecule has 22 heavy (non-hydrogen) atoms. The highest BCUT2D eigenvalue weighted by atomic mass is 16.1. The van der Waals surface area contributed by atoms with Crippen LogP contribution in [0.5, 0.6) is 0 Å². The fraction of sp³-hybridized carbons (Fsp3) is 0.438. The van der Waals surface area contributed by atoms with Crippen LogP contribution in [0.15, 0.2) is 30.9 Å². The number of piperidine rings is 1. The van der Waals surface area contributed by atoms with Gasteiger partial charge in [0, 0.05) is 43.4 Å². The van der Waals surface area contributed by atoms with E-state index >= 15 is 0 Å². The van der Waals surface area contributed by atoms with Crippen molar-refractivity contribution in [1.29, 1.82) is 0 Å². The van der Waals surface area contributed by atoms with Crippen LogP contribution in [0.4, 0.5) is 5.69 Å². The number of nitrogens with zero attached hydrogens (tertiary/aromatic N) is 3. The number of H-pyrrole nitrogens is 1. The average Bonchev–Trinajstić information content (AvgIpc) is 3.00. The van der Waals surface area contributed by atoms with Crippen LogP contribution in [0.25, 0.3) is 0 Å². The van der Waals surface area contributed by atoms with Gasteiger partial charge in [0.15, 0.2) is 0 Å². The Kier molecular flexibility index (Phi) is 4.37. The molecule has 2 N–H and O–H groups in total. The zero-order valence-electron chi connectivity index (χ0n) is 12.7. The van der Waals surface area contributed by atoms with Crippen LogP contribution in [0.3, 0.4) is 0 Å². The van der Waals surface area contributed by atoms with Crippen molar-refractivity contribution in [3.8, 4) is 0 Å². The van der Waals surface area contributed by atoms with E-state index in [1.807, 2.05) is 31.5 Å². The standard InChI is InChI=1S/C16H21N5O/c1-12-15(20-11-19-12)16(22)18-9-13-3-2-8-21(10-13)14-4-6-17-7-5-14/h4-7,11,13H,2-3,8-10H2,1H3,(H,18,22)(H,19,20)/t13-/m1/s1. The number of hydrogen-bond donors (Lipinski definition) is 2. The second kappa shape index (κ2) is 6.60. The molecule has 0 bridgehead atoms. The van der Waals surface area contributed by atoms with Crippen molar-refractivity contribution >= 4 is 11.6 Å². The van der Waals surface area contributed by atoms with Gasteiger partial charge in [0.05, 0.1) is 6.33 Å². The number of carbonyl (C=O) groups excluding carboxylic acids is 1. The van der Waals surface area contributed by atoms with Crippen molar-refractivity contribution in [2.24, 2.45) is 5.92 Å². The molecule has 1 saturated heterocycles. The molecule has 6 nitrogen and oxygen atoms in total. The normalized spacial score (nSPS) is 18.2. The van der Waals surface area contributed by atoms with Gasteiger partial charge in [-0.3, -0.25) is 9.78 Å². The summed E-state index contributed by atoms with van der Waals surface area (Å²) in [5.74, 6) is 0.366. The van der Waals surface area contributed by atoms with Gasteiger partial charge in [0.25, 0.3) is 5.91 Å². The molecule has 1 aliphatic rings. The van der Waals surface area contributed by atoms with E-state index in [2.05, 4.69) is 25.2 Å². The monoisotopic (exact) mass is 299 g/mol. The Labute approximate surface area is 130 Å². The minimum Gasteiger partial charge on any atom is -0.371 e. The lowest BCUT2D eigenvalue weighted by molar-refractivity contribution is 0.0940. The second-order valence-corrected chi connectivity index (χ2v) is 5.75. The minimum absolute atomic E-state index is 0.0974. The molecule has 3 rings (SSSR count). The number of aromatic nitrogens is 3. The number of aromatic amines is 1. The van der Waals surface area contributed by atoms with Crippen LogP contribution >= 0.6 is 0 Å². The zero-order valence-corrected chi connectivity index (χ0v) is 12.7. The van der Waals surface area contributed by atoms with Crippen molar-refractivity contribution in [2.45, 2.75) is 19.8 Å². The Hall–Kier alpha value is -2.37. The number of anilines is 1. The highest BCUT2D eigenvalue weighted by Gasteiger charge is 2.21. The highest BCUT2D eigenvalue weighted by Crippen LogP contribution is 2.22. The van der Waals surface area contributed by atoms with Gasteiger partial charge < -0.3 is 15.2 Å². The number of aryl methyl sites for hydroxylation is 1. The lowest BCUT2D eigenvalue weighted by atomic mass is 9.97. The Morgan fingerprint density at radius 2 is 2.27 bits per heavy atom.